The largest absolute Gasteiger partial charge is 0.497 e. The van der Waals surface area contributed by atoms with Gasteiger partial charge in [-0.15, -0.1) is 0 Å². The number of methoxy groups -OCH3 is 1. The first kappa shape index (κ1) is 15.4. The van der Waals surface area contributed by atoms with E-state index in [1.807, 2.05) is 31.2 Å². The maximum atomic E-state index is 9.84. The summed E-state index contributed by atoms with van der Waals surface area (Å²) in [6.07, 6.45) is 1.02. The van der Waals surface area contributed by atoms with Crippen molar-refractivity contribution in [1.82, 2.24) is 0 Å². The molecule has 0 fully saturated rings. The second-order valence-electron chi connectivity index (χ2n) is 5.39. The van der Waals surface area contributed by atoms with Crippen molar-refractivity contribution in [2.45, 2.75) is 25.8 Å². The third-order valence-electron chi connectivity index (χ3n) is 3.83. The van der Waals surface area contributed by atoms with E-state index in [0.29, 0.717) is 0 Å². The first-order valence-electron chi connectivity index (χ1n) is 7.24. The zero-order valence-electron chi connectivity index (χ0n) is 12.9. The smallest absolute Gasteiger partial charge is 0.119 e. The van der Waals surface area contributed by atoms with Gasteiger partial charge in [-0.3, -0.25) is 0 Å². The molecule has 21 heavy (non-hydrogen) atoms. The first-order valence-corrected chi connectivity index (χ1v) is 7.24. The summed E-state index contributed by atoms with van der Waals surface area (Å²) in [5.41, 5.74) is 2.80. The monoisotopic (exact) mass is 285 g/mol. The number of hydrogen-bond donors (Lipinski definition) is 2. The van der Waals surface area contributed by atoms with E-state index in [1.54, 1.807) is 7.11 Å². The molecule has 2 N–H and O–H groups in total. The van der Waals surface area contributed by atoms with E-state index in [9.17, 15) is 5.11 Å². The molecule has 3 nitrogen and oxygen atoms in total. The molecule has 0 saturated carbocycles. The van der Waals surface area contributed by atoms with E-state index in [-0.39, 0.29) is 6.61 Å². The molecule has 0 amide bonds. The summed E-state index contributed by atoms with van der Waals surface area (Å²) in [6, 6.07) is 16.1. The molecule has 0 bridgehead atoms. The fourth-order valence-corrected chi connectivity index (χ4v) is 2.30. The van der Waals surface area contributed by atoms with Crippen molar-refractivity contribution in [3.05, 3.63) is 59.7 Å². The van der Waals surface area contributed by atoms with Gasteiger partial charge >= 0.3 is 0 Å². The van der Waals surface area contributed by atoms with Gasteiger partial charge in [0.2, 0.25) is 0 Å². The van der Waals surface area contributed by atoms with Gasteiger partial charge in [0.25, 0.3) is 0 Å². The number of benzene rings is 2. The van der Waals surface area contributed by atoms with Crippen LogP contribution in [0.3, 0.4) is 0 Å². The van der Waals surface area contributed by atoms with E-state index in [0.717, 1.165) is 23.4 Å². The minimum Gasteiger partial charge on any atom is -0.497 e. The quantitative estimate of drug-likeness (QED) is 0.852. The highest BCUT2D eigenvalue weighted by atomic mass is 16.5. The molecule has 0 aromatic heterocycles. The molecule has 3 heteroatoms. The summed E-state index contributed by atoms with van der Waals surface area (Å²) in [6.45, 7) is 4.15. The number of rotatable bonds is 6. The molecule has 0 radical (unpaired) electrons. The molecule has 112 valence electrons. The predicted molar refractivity (Wildman–Crippen MR) is 86.9 cm³/mol. The van der Waals surface area contributed by atoms with Crippen molar-refractivity contribution in [2.75, 3.05) is 19.0 Å². The van der Waals surface area contributed by atoms with E-state index in [1.165, 1.54) is 5.56 Å². The lowest BCUT2D eigenvalue weighted by Crippen LogP contribution is -2.35. The minimum absolute atomic E-state index is 0.0184. The second kappa shape index (κ2) is 6.64. The lowest BCUT2D eigenvalue weighted by Gasteiger charge is -2.31. The maximum absolute atomic E-state index is 9.84. The Labute approximate surface area is 126 Å². The number of aliphatic hydroxyl groups excluding tert-OH is 1. The third-order valence-corrected chi connectivity index (χ3v) is 3.83. The highest BCUT2D eigenvalue weighted by molar-refractivity contribution is 5.50. The molecule has 2 rings (SSSR count). The van der Waals surface area contributed by atoms with E-state index >= 15 is 0 Å². The molecule has 0 saturated heterocycles. The minimum atomic E-state index is -0.513. The van der Waals surface area contributed by atoms with Crippen LogP contribution in [0, 0.1) is 0 Å². The standard InChI is InChI=1S/C18H23NO2/c1-4-14-5-7-15(8-6-14)18(2,13-20)19-16-9-11-17(21-3)12-10-16/h5-12,19-20H,4,13H2,1-3H3. The van der Waals surface area contributed by atoms with Crippen LogP contribution in [-0.2, 0) is 12.0 Å². The van der Waals surface area contributed by atoms with Crippen molar-refractivity contribution < 1.29 is 9.84 Å². The Bertz CT molecular complexity index is 563. The molecule has 0 spiro atoms. The molecule has 0 aliphatic heterocycles. The summed E-state index contributed by atoms with van der Waals surface area (Å²) < 4.78 is 5.16. The van der Waals surface area contributed by atoms with Crippen LogP contribution in [0.25, 0.3) is 0 Å². The Morgan fingerprint density at radius 1 is 1.05 bits per heavy atom. The van der Waals surface area contributed by atoms with Crippen LogP contribution >= 0.6 is 0 Å². The maximum Gasteiger partial charge on any atom is 0.119 e. The van der Waals surface area contributed by atoms with Gasteiger partial charge in [0.05, 0.1) is 19.3 Å². The Hall–Kier alpha value is -2.00. The van der Waals surface area contributed by atoms with Crippen LogP contribution in [-0.4, -0.2) is 18.8 Å². The van der Waals surface area contributed by atoms with Crippen LogP contribution < -0.4 is 10.1 Å². The first-order chi connectivity index (χ1) is 10.1. The third kappa shape index (κ3) is 3.56. The number of anilines is 1. The summed E-state index contributed by atoms with van der Waals surface area (Å²) in [5.74, 6) is 0.818. The van der Waals surface area contributed by atoms with E-state index < -0.39 is 5.54 Å². The predicted octanol–water partition coefficient (Wildman–Crippen LogP) is 3.58. The molecular weight excluding hydrogens is 262 g/mol. The summed E-state index contributed by atoms with van der Waals surface area (Å²) in [7, 11) is 1.65. The molecule has 1 atom stereocenters. The molecule has 0 heterocycles. The van der Waals surface area contributed by atoms with Crippen LogP contribution in [0.4, 0.5) is 5.69 Å². The van der Waals surface area contributed by atoms with Crippen LogP contribution in [0.5, 0.6) is 5.75 Å². The summed E-state index contributed by atoms with van der Waals surface area (Å²) in [4.78, 5) is 0. The number of ether oxygens (including phenoxy) is 1. The Morgan fingerprint density at radius 3 is 2.14 bits per heavy atom. The number of aliphatic hydroxyl groups is 1. The van der Waals surface area contributed by atoms with Gasteiger partial charge in [-0.2, -0.15) is 0 Å². The van der Waals surface area contributed by atoms with Crippen LogP contribution in [0.1, 0.15) is 25.0 Å². The normalized spacial score (nSPS) is 13.5. The lowest BCUT2D eigenvalue weighted by molar-refractivity contribution is 0.224. The highest BCUT2D eigenvalue weighted by Crippen LogP contribution is 2.27. The van der Waals surface area contributed by atoms with Gasteiger partial charge in [-0.25, -0.2) is 0 Å². The van der Waals surface area contributed by atoms with Crippen molar-refractivity contribution >= 4 is 5.69 Å². The fraction of sp³-hybridized carbons (Fsp3) is 0.333. The van der Waals surface area contributed by atoms with Crippen molar-refractivity contribution in [2.24, 2.45) is 0 Å². The van der Waals surface area contributed by atoms with Gasteiger partial charge in [0.1, 0.15) is 5.75 Å². The Morgan fingerprint density at radius 2 is 1.67 bits per heavy atom. The SMILES string of the molecule is CCc1ccc(C(C)(CO)Nc2ccc(OC)cc2)cc1. The van der Waals surface area contributed by atoms with Crippen LogP contribution in [0.2, 0.25) is 0 Å². The van der Waals surface area contributed by atoms with E-state index in [2.05, 4.69) is 36.5 Å². The highest BCUT2D eigenvalue weighted by Gasteiger charge is 2.25. The molecule has 1 unspecified atom stereocenters. The number of aryl methyl sites for hydroxylation is 1. The number of hydrogen-bond acceptors (Lipinski definition) is 3. The second-order valence-corrected chi connectivity index (χ2v) is 5.39. The van der Waals surface area contributed by atoms with Crippen molar-refractivity contribution in [3.8, 4) is 5.75 Å². The molecular formula is C18H23NO2. The van der Waals surface area contributed by atoms with E-state index in [4.69, 9.17) is 4.74 Å². The summed E-state index contributed by atoms with van der Waals surface area (Å²) >= 11 is 0. The fourth-order valence-electron chi connectivity index (χ4n) is 2.30. The van der Waals surface area contributed by atoms with Gasteiger partial charge in [-0.1, -0.05) is 31.2 Å². The average Bonchev–Trinajstić information content (AvgIpc) is 2.55. The van der Waals surface area contributed by atoms with Crippen LogP contribution in [0.15, 0.2) is 48.5 Å². The summed E-state index contributed by atoms with van der Waals surface area (Å²) in [5, 5.41) is 13.2. The number of nitrogens with one attached hydrogen (secondary N) is 1. The molecule has 0 aliphatic carbocycles. The van der Waals surface area contributed by atoms with Gasteiger partial charge in [0, 0.05) is 5.69 Å². The van der Waals surface area contributed by atoms with Crippen molar-refractivity contribution in [1.29, 1.82) is 0 Å². The molecule has 2 aromatic carbocycles. The Kier molecular flexibility index (Phi) is 4.86. The average molecular weight is 285 g/mol. The molecule has 2 aromatic rings. The zero-order chi connectivity index (χ0) is 15.3. The lowest BCUT2D eigenvalue weighted by atomic mass is 9.91. The van der Waals surface area contributed by atoms with Gasteiger partial charge < -0.3 is 15.2 Å². The van der Waals surface area contributed by atoms with Crippen molar-refractivity contribution in [3.63, 3.8) is 0 Å². The van der Waals surface area contributed by atoms with Gasteiger partial charge in [0.15, 0.2) is 0 Å². The topological polar surface area (TPSA) is 41.5 Å². The zero-order valence-corrected chi connectivity index (χ0v) is 12.9. The van der Waals surface area contributed by atoms with Gasteiger partial charge in [-0.05, 0) is 48.7 Å². The molecule has 0 aliphatic rings. The Balaban J connectivity index is 2.22.